The van der Waals surface area contributed by atoms with Crippen LogP contribution in [0.5, 0.6) is 0 Å². The first-order valence-electron chi connectivity index (χ1n) is 11.3. The lowest BCUT2D eigenvalue weighted by Gasteiger charge is -2.11. The van der Waals surface area contributed by atoms with Gasteiger partial charge in [0, 0.05) is 21.6 Å². The molecule has 0 aliphatic rings. The Balaban J connectivity index is 1.63. The summed E-state index contributed by atoms with van der Waals surface area (Å²) in [6, 6.07) is 23.6. The molecule has 0 saturated carbocycles. The summed E-state index contributed by atoms with van der Waals surface area (Å²) < 4.78 is 6.18. The van der Waals surface area contributed by atoms with Gasteiger partial charge in [-0.25, -0.2) is 0 Å². The average Bonchev–Trinajstić information content (AvgIpc) is 3.22. The number of para-hydroxylation sites is 1. The molecule has 7 heteroatoms. The van der Waals surface area contributed by atoms with Gasteiger partial charge in [0.05, 0.1) is 16.5 Å². The molecule has 0 aliphatic carbocycles. The molecule has 178 valence electrons. The number of carbonyl (C=O) groups is 2. The van der Waals surface area contributed by atoms with E-state index in [0.29, 0.717) is 27.3 Å². The third kappa shape index (κ3) is 3.99. The summed E-state index contributed by atoms with van der Waals surface area (Å²) in [6.45, 7) is 3.58. The summed E-state index contributed by atoms with van der Waals surface area (Å²) in [5.41, 5.74) is 8.88. The van der Waals surface area contributed by atoms with Crippen molar-refractivity contribution < 1.29 is 14.0 Å². The highest BCUT2D eigenvalue weighted by Gasteiger charge is 2.25. The number of aryl methyl sites for hydroxylation is 1. The van der Waals surface area contributed by atoms with Crippen LogP contribution in [0.3, 0.4) is 0 Å². The third-order valence-corrected chi connectivity index (χ3v) is 7.07. The Hall–Kier alpha value is -4.49. The van der Waals surface area contributed by atoms with Gasteiger partial charge >= 0.3 is 0 Å². The molecule has 0 bridgehead atoms. The lowest BCUT2D eigenvalue weighted by molar-refractivity contribution is 0.100. The molecule has 2 amide bonds. The van der Waals surface area contributed by atoms with Crippen molar-refractivity contribution in [3.05, 3.63) is 111 Å². The van der Waals surface area contributed by atoms with E-state index >= 15 is 0 Å². The van der Waals surface area contributed by atoms with Crippen LogP contribution in [0.25, 0.3) is 33.4 Å². The van der Waals surface area contributed by atoms with Gasteiger partial charge in [-0.15, -0.1) is 11.3 Å². The predicted molar refractivity (Wildman–Crippen MR) is 144 cm³/mol. The number of anilines is 1. The molecule has 6 nitrogen and oxygen atoms in total. The topological polar surface area (TPSA) is 102 Å². The number of rotatable bonds is 5. The smallest absolute Gasteiger partial charge is 0.260 e. The van der Waals surface area contributed by atoms with Crippen molar-refractivity contribution >= 4 is 39.1 Å². The molecular weight excluding hydrogens is 472 g/mol. The van der Waals surface area contributed by atoms with E-state index in [1.165, 1.54) is 11.3 Å². The zero-order chi connectivity index (χ0) is 25.4. The maximum absolute atomic E-state index is 13.5. The summed E-state index contributed by atoms with van der Waals surface area (Å²) in [7, 11) is 0. The second-order valence-corrected chi connectivity index (χ2v) is 9.58. The van der Waals surface area contributed by atoms with Crippen molar-refractivity contribution in [2.75, 3.05) is 5.32 Å². The van der Waals surface area contributed by atoms with Crippen LogP contribution in [0.15, 0.2) is 88.1 Å². The van der Waals surface area contributed by atoms with Crippen LogP contribution in [-0.2, 0) is 0 Å². The van der Waals surface area contributed by atoms with Crippen LogP contribution in [-0.4, -0.2) is 11.8 Å². The van der Waals surface area contributed by atoms with E-state index in [2.05, 4.69) is 5.32 Å². The molecule has 0 unspecified atom stereocenters. The second-order valence-electron chi connectivity index (χ2n) is 8.36. The molecule has 2 aromatic heterocycles. The highest BCUT2D eigenvalue weighted by molar-refractivity contribution is 7.17. The lowest BCUT2D eigenvalue weighted by atomic mass is 10.0. The number of nitrogens with one attached hydrogen (secondary N) is 1. The van der Waals surface area contributed by atoms with Gasteiger partial charge in [-0.3, -0.25) is 14.4 Å². The summed E-state index contributed by atoms with van der Waals surface area (Å²) in [4.78, 5) is 39.9. The molecule has 0 saturated heterocycles. The monoisotopic (exact) mass is 494 g/mol. The van der Waals surface area contributed by atoms with Gasteiger partial charge in [-0.05, 0) is 31.5 Å². The Labute approximate surface area is 211 Å². The van der Waals surface area contributed by atoms with Crippen LogP contribution in [0.2, 0.25) is 0 Å². The van der Waals surface area contributed by atoms with E-state index in [0.717, 1.165) is 16.0 Å². The van der Waals surface area contributed by atoms with Gasteiger partial charge < -0.3 is 15.5 Å². The second kappa shape index (κ2) is 9.28. The molecule has 0 fully saturated rings. The van der Waals surface area contributed by atoms with Gasteiger partial charge in [0.1, 0.15) is 10.8 Å². The number of carbonyl (C=O) groups excluding carboxylic acids is 2. The SMILES string of the molecule is Cc1sc(NC(=O)c2cccc3c(=O)c(C)c(-c4ccccc4)oc23)c(C(N)=O)c1-c1ccccc1. The van der Waals surface area contributed by atoms with E-state index < -0.39 is 11.8 Å². The number of fused-ring (bicyclic) bond motifs is 1. The fraction of sp³-hybridized carbons (Fsp3) is 0.0690. The molecule has 5 aromatic rings. The molecule has 0 aliphatic heterocycles. The molecule has 2 heterocycles. The molecule has 0 atom stereocenters. The number of amides is 2. The Kier molecular flexibility index (Phi) is 6.00. The zero-order valence-corrected chi connectivity index (χ0v) is 20.4. The van der Waals surface area contributed by atoms with Crippen LogP contribution in [0.4, 0.5) is 5.00 Å². The highest BCUT2D eigenvalue weighted by Crippen LogP contribution is 2.40. The minimum absolute atomic E-state index is 0.182. The molecule has 0 radical (unpaired) electrons. The largest absolute Gasteiger partial charge is 0.455 e. The minimum Gasteiger partial charge on any atom is -0.455 e. The molecule has 36 heavy (non-hydrogen) atoms. The summed E-state index contributed by atoms with van der Waals surface area (Å²) in [5, 5.41) is 3.49. The number of benzene rings is 3. The maximum Gasteiger partial charge on any atom is 0.260 e. The van der Waals surface area contributed by atoms with Gasteiger partial charge in [0.15, 0.2) is 11.0 Å². The van der Waals surface area contributed by atoms with Crippen molar-refractivity contribution in [3.63, 3.8) is 0 Å². The standard InChI is InChI=1S/C29H22N2O4S/c1-16-24(32)20-14-9-15-21(26(20)35-25(16)19-12-7-4-8-13-19)28(34)31-29-23(27(30)33)22(17(2)36-29)18-10-5-3-6-11-18/h3-15H,1-2H3,(H2,30,33)(H,31,34). The minimum atomic E-state index is -0.639. The zero-order valence-electron chi connectivity index (χ0n) is 19.6. The Morgan fingerprint density at radius 2 is 1.50 bits per heavy atom. The Morgan fingerprint density at radius 3 is 2.14 bits per heavy atom. The average molecular weight is 495 g/mol. The van der Waals surface area contributed by atoms with Crippen LogP contribution in [0, 0.1) is 13.8 Å². The molecule has 3 N–H and O–H groups in total. The molecule has 0 spiro atoms. The number of thiophene rings is 1. The first-order chi connectivity index (χ1) is 17.4. The summed E-state index contributed by atoms with van der Waals surface area (Å²) >= 11 is 1.27. The maximum atomic E-state index is 13.5. The van der Waals surface area contributed by atoms with Crippen LogP contribution in [0.1, 0.15) is 31.2 Å². The molecular formula is C29H22N2O4S. The number of hydrogen-bond acceptors (Lipinski definition) is 5. The predicted octanol–water partition coefficient (Wildman–Crippen LogP) is 6.16. The van der Waals surface area contributed by atoms with Crippen molar-refractivity contribution in [3.8, 4) is 22.5 Å². The molecule has 3 aromatic carbocycles. The van der Waals surface area contributed by atoms with Gasteiger partial charge in [-0.1, -0.05) is 66.7 Å². The fourth-order valence-corrected chi connectivity index (χ4v) is 5.42. The van der Waals surface area contributed by atoms with Crippen molar-refractivity contribution in [2.45, 2.75) is 13.8 Å². The number of primary amides is 1. The normalized spacial score (nSPS) is 10.9. The first kappa shape index (κ1) is 23.3. The summed E-state index contributed by atoms with van der Waals surface area (Å²) in [5.74, 6) is -0.737. The number of hydrogen-bond donors (Lipinski definition) is 2. The van der Waals surface area contributed by atoms with Crippen LogP contribution >= 0.6 is 11.3 Å². The highest BCUT2D eigenvalue weighted by atomic mass is 32.1. The van der Waals surface area contributed by atoms with Gasteiger partial charge in [0.2, 0.25) is 0 Å². The van der Waals surface area contributed by atoms with E-state index in [1.807, 2.05) is 67.6 Å². The molecule has 5 rings (SSSR count). The van der Waals surface area contributed by atoms with E-state index in [1.54, 1.807) is 25.1 Å². The quantitative estimate of drug-likeness (QED) is 0.306. The fourth-order valence-electron chi connectivity index (χ4n) is 4.34. The van der Waals surface area contributed by atoms with Gasteiger partial charge in [0.25, 0.3) is 11.8 Å². The van der Waals surface area contributed by atoms with Crippen molar-refractivity contribution in [1.29, 1.82) is 0 Å². The third-order valence-electron chi connectivity index (χ3n) is 6.05. The lowest BCUT2D eigenvalue weighted by Crippen LogP contribution is -2.18. The first-order valence-corrected chi connectivity index (χ1v) is 12.1. The van der Waals surface area contributed by atoms with E-state index in [4.69, 9.17) is 10.2 Å². The Morgan fingerprint density at radius 1 is 0.861 bits per heavy atom. The van der Waals surface area contributed by atoms with E-state index in [-0.39, 0.29) is 22.1 Å². The van der Waals surface area contributed by atoms with E-state index in [9.17, 15) is 14.4 Å². The number of nitrogens with two attached hydrogens (primary N) is 1. The summed E-state index contributed by atoms with van der Waals surface area (Å²) in [6.07, 6.45) is 0. The van der Waals surface area contributed by atoms with Gasteiger partial charge in [-0.2, -0.15) is 0 Å². The van der Waals surface area contributed by atoms with Crippen molar-refractivity contribution in [2.24, 2.45) is 5.73 Å². The van der Waals surface area contributed by atoms with Crippen LogP contribution < -0.4 is 16.5 Å². The van der Waals surface area contributed by atoms with Crippen molar-refractivity contribution in [1.82, 2.24) is 0 Å². The Bertz CT molecular complexity index is 1690.